The molecule has 0 fully saturated rings. The maximum atomic E-state index is 5.98. The Morgan fingerprint density at radius 3 is 2.53 bits per heavy atom. The number of hydrogen-bond donors (Lipinski definition) is 0. The third kappa shape index (κ3) is 1.99. The van der Waals surface area contributed by atoms with Crippen LogP contribution in [0, 0.1) is 20.8 Å². The molecule has 2 atom stereocenters. The van der Waals surface area contributed by atoms with E-state index in [0.717, 1.165) is 12.4 Å². The second kappa shape index (κ2) is 4.68. The van der Waals surface area contributed by atoms with Crippen molar-refractivity contribution in [1.82, 2.24) is 0 Å². The van der Waals surface area contributed by atoms with E-state index < -0.39 is 0 Å². The van der Waals surface area contributed by atoms with Crippen LogP contribution in [0.3, 0.4) is 0 Å². The molecule has 0 saturated heterocycles. The van der Waals surface area contributed by atoms with Gasteiger partial charge in [0.25, 0.3) is 0 Å². The molecule has 1 aromatic heterocycles. The van der Waals surface area contributed by atoms with Crippen LogP contribution in [0.5, 0.6) is 5.75 Å². The van der Waals surface area contributed by atoms with E-state index in [-0.39, 0.29) is 0 Å². The molecule has 0 radical (unpaired) electrons. The lowest BCUT2D eigenvalue weighted by atomic mass is 9.80. The predicted octanol–water partition coefficient (Wildman–Crippen LogP) is 4.95. The molecule has 0 spiro atoms. The maximum Gasteiger partial charge on any atom is 0.122 e. The van der Waals surface area contributed by atoms with Gasteiger partial charge in [0.15, 0.2) is 0 Å². The Hall–Kier alpha value is -1.28. The highest BCUT2D eigenvalue weighted by atomic mass is 32.1. The van der Waals surface area contributed by atoms with E-state index in [4.69, 9.17) is 4.74 Å². The molecule has 1 aromatic carbocycles. The molecule has 2 unspecified atom stereocenters. The second-order valence-corrected chi connectivity index (χ2v) is 6.93. The molecule has 1 aliphatic rings. The standard InChI is InChI=1S/C17H20OS/c1-10-12(3)19-13(4)17(10)15-9-18-16-8-6-5-7-14(16)11(15)2/h5-8,11,15H,9H2,1-4H3. The number of benzene rings is 1. The van der Waals surface area contributed by atoms with Crippen molar-refractivity contribution in [1.29, 1.82) is 0 Å². The van der Waals surface area contributed by atoms with E-state index in [1.165, 1.54) is 26.4 Å². The van der Waals surface area contributed by atoms with Crippen LogP contribution in [0.2, 0.25) is 0 Å². The molecule has 19 heavy (non-hydrogen) atoms. The first-order chi connectivity index (χ1) is 9.09. The molecule has 1 nitrogen and oxygen atoms in total. The van der Waals surface area contributed by atoms with Crippen molar-refractivity contribution >= 4 is 11.3 Å². The molecule has 1 aliphatic heterocycles. The van der Waals surface area contributed by atoms with Crippen LogP contribution in [0.4, 0.5) is 0 Å². The third-order valence-corrected chi connectivity index (χ3v) is 5.56. The molecule has 0 amide bonds. The molecule has 2 heterocycles. The van der Waals surface area contributed by atoms with Crippen LogP contribution >= 0.6 is 11.3 Å². The first kappa shape index (κ1) is 12.7. The topological polar surface area (TPSA) is 9.23 Å². The number of ether oxygens (including phenoxy) is 1. The summed E-state index contributed by atoms with van der Waals surface area (Å²) in [6.45, 7) is 9.85. The van der Waals surface area contributed by atoms with Gasteiger partial charge in [0.2, 0.25) is 0 Å². The van der Waals surface area contributed by atoms with Crippen LogP contribution in [0.25, 0.3) is 0 Å². The van der Waals surface area contributed by atoms with Gasteiger partial charge in [-0.2, -0.15) is 0 Å². The SMILES string of the molecule is Cc1sc(C)c(C2COc3ccccc3C2C)c1C. The molecule has 2 aromatic rings. The van der Waals surface area contributed by atoms with Crippen molar-refractivity contribution in [3.8, 4) is 5.75 Å². The minimum atomic E-state index is 0.486. The smallest absolute Gasteiger partial charge is 0.122 e. The van der Waals surface area contributed by atoms with Crippen LogP contribution < -0.4 is 4.74 Å². The predicted molar refractivity (Wildman–Crippen MR) is 81.6 cm³/mol. The summed E-state index contributed by atoms with van der Waals surface area (Å²) in [7, 11) is 0. The Morgan fingerprint density at radius 1 is 1.11 bits per heavy atom. The Bertz CT molecular complexity index is 612. The van der Waals surface area contributed by atoms with E-state index in [2.05, 4.69) is 52.0 Å². The average molecular weight is 272 g/mol. The van der Waals surface area contributed by atoms with Gasteiger partial charge in [-0.25, -0.2) is 0 Å². The maximum absolute atomic E-state index is 5.98. The first-order valence-electron chi connectivity index (χ1n) is 6.87. The fraction of sp³-hybridized carbons (Fsp3) is 0.412. The van der Waals surface area contributed by atoms with Crippen LogP contribution in [-0.4, -0.2) is 6.61 Å². The summed E-state index contributed by atoms with van der Waals surface area (Å²) >= 11 is 1.92. The van der Waals surface area contributed by atoms with Gasteiger partial charge >= 0.3 is 0 Å². The second-order valence-electron chi connectivity index (χ2n) is 5.50. The normalized spacial score (nSPS) is 21.9. The van der Waals surface area contributed by atoms with Crippen molar-refractivity contribution in [2.24, 2.45) is 0 Å². The Kier molecular flexibility index (Phi) is 3.14. The minimum absolute atomic E-state index is 0.486. The number of rotatable bonds is 1. The van der Waals surface area contributed by atoms with Crippen molar-refractivity contribution < 1.29 is 4.74 Å². The number of para-hydroxylation sites is 1. The summed E-state index contributed by atoms with van der Waals surface area (Å²) in [5.41, 5.74) is 4.33. The summed E-state index contributed by atoms with van der Waals surface area (Å²) in [5.74, 6) is 2.07. The van der Waals surface area contributed by atoms with Crippen molar-refractivity contribution in [2.75, 3.05) is 6.61 Å². The molecular formula is C17H20OS. The zero-order chi connectivity index (χ0) is 13.6. The Labute approximate surface area is 119 Å². The number of thiophene rings is 1. The summed E-state index contributed by atoms with van der Waals surface area (Å²) in [6, 6.07) is 8.45. The van der Waals surface area contributed by atoms with E-state index in [9.17, 15) is 0 Å². The van der Waals surface area contributed by atoms with E-state index in [0.29, 0.717) is 11.8 Å². The molecule has 0 bridgehead atoms. The van der Waals surface area contributed by atoms with Gasteiger partial charge in [0, 0.05) is 15.7 Å². The summed E-state index contributed by atoms with van der Waals surface area (Å²) in [4.78, 5) is 2.90. The van der Waals surface area contributed by atoms with E-state index >= 15 is 0 Å². The lowest BCUT2D eigenvalue weighted by Gasteiger charge is -2.32. The quantitative estimate of drug-likeness (QED) is 0.713. The molecule has 0 aliphatic carbocycles. The lowest BCUT2D eigenvalue weighted by Crippen LogP contribution is -2.23. The summed E-state index contributed by atoms with van der Waals surface area (Å²) < 4.78 is 5.98. The molecule has 2 heteroatoms. The van der Waals surface area contributed by atoms with Gasteiger partial charge in [0.1, 0.15) is 5.75 Å². The number of fused-ring (bicyclic) bond motifs is 1. The molecular weight excluding hydrogens is 252 g/mol. The minimum Gasteiger partial charge on any atom is -0.493 e. The van der Waals surface area contributed by atoms with Crippen LogP contribution in [0.15, 0.2) is 24.3 Å². The van der Waals surface area contributed by atoms with Crippen LogP contribution in [-0.2, 0) is 0 Å². The Balaban J connectivity index is 2.05. The highest BCUT2D eigenvalue weighted by Gasteiger charge is 2.31. The van der Waals surface area contributed by atoms with Crippen molar-refractivity contribution in [3.63, 3.8) is 0 Å². The van der Waals surface area contributed by atoms with Crippen LogP contribution in [0.1, 0.15) is 45.2 Å². The third-order valence-electron chi connectivity index (χ3n) is 4.42. The number of hydrogen-bond acceptors (Lipinski definition) is 2. The molecule has 0 N–H and O–H groups in total. The first-order valence-corrected chi connectivity index (χ1v) is 7.69. The van der Waals surface area contributed by atoms with E-state index in [1.807, 2.05) is 11.3 Å². The largest absolute Gasteiger partial charge is 0.493 e. The van der Waals surface area contributed by atoms with E-state index in [1.54, 1.807) is 0 Å². The zero-order valence-electron chi connectivity index (χ0n) is 12.0. The van der Waals surface area contributed by atoms with Gasteiger partial charge in [-0.3, -0.25) is 0 Å². The van der Waals surface area contributed by atoms with Gasteiger partial charge in [-0.15, -0.1) is 11.3 Å². The highest BCUT2D eigenvalue weighted by molar-refractivity contribution is 7.12. The molecule has 3 rings (SSSR count). The number of aryl methyl sites for hydroxylation is 2. The summed E-state index contributed by atoms with van der Waals surface area (Å²) in [6.07, 6.45) is 0. The van der Waals surface area contributed by atoms with Gasteiger partial charge in [-0.1, -0.05) is 25.1 Å². The lowest BCUT2D eigenvalue weighted by molar-refractivity contribution is 0.243. The van der Waals surface area contributed by atoms with Gasteiger partial charge < -0.3 is 4.74 Å². The van der Waals surface area contributed by atoms with Crippen molar-refractivity contribution in [3.05, 3.63) is 50.7 Å². The van der Waals surface area contributed by atoms with Crippen molar-refractivity contribution in [2.45, 2.75) is 39.5 Å². The van der Waals surface area contributed by atoms with Gasteiger partial charge in [0.05, 0.1) is 6.61 Å². The molecule has 100 valence electrons. The molecule has 0 saturated carbocycles. The summed E-state index contributed by atoms with van der Waals surface area (Å²) in [5, 5.41) is 0. The zero-order valence-corrected chi connectivity index (χ0v) is 12.8. The monoisotopic (exact) mass is 272 g/mol. The highest BCUT2D eigenvalue weighted by Crippen LogP contribution is 2.45. The Morgan fingerprint density at radius 2 is 1.84 bits per heavy atom. The fourth-order valence-corrected chi connectivity index (χ4v) is 4.35. The average Bonchev–Trinajstić information content (AvgIpc) is 2.65. The van der Waals surface area contributed by atoms with Gasteiger partial charge in [-0.05, 0) is 49.4 Å². The fourth-order valence-electron chi connectivity index (χ4n) is 3.22.